The minimum absolute atomic E-state index is 0.00335. The summed E-state index contributed by atoms with van der Waals surface area (Å²) in [7, 11) is 0. The Morgan fingerprint density at radius 2 is 1.77 bits per heavy atom. The van der Waals surface area contributed by atoms with E-state index in [2.05, 4.69) is 0 Å². The highest BCUT2D eigenvalue weighted by Gasteiger charge is 2.50. The van der Waals surface area contributed by atoms with E-state index >= 15 is 0 Å². The van der Waals surface area contributed by atoms with Crippen LogP contribution in [0, 0.1) is 37.5 Å². The van der Waals surface area contributed by atoms with E-state index < -0.39 is 11.9 Å². The molecule has 0 spiro atoms. The van der Waals surface area contributed by atoms with Crippen LogP contribution in [0.1, 0.15) is 30.9 Å². The molecule has 0 saturated carbocycles. The van der Waals surface area contributed by atoms with Gasteiger partial charge in [0.1, 0.15) is 5.75 Å². The molecule has 0 aromatic heterocycles. The van der Waals surface area contributed by atoms with Crippen molar-refractivity contribution in [2.24, 2.45) is 23.7 Å². The lowest BCUT2D eigenvalue weighted by Gasteiger charge is -2.22. The number of rotatable bonds is 4. The van der Waals surface area contributed by atoms with Crippen LogP contribution in [-0.4, -0.2) is 30.2 Å². The molecule has 2 fully saturated rings. The zero-order valence-electron chi connectivity index (χ0n) is 20.1. The van der Waals surface area contributed by atoms with E-state index in [1.54, 1.807) is 29.2 Å². The average molecular weight is 473 g/mol. The maximum absolute atomic E-state index is 13.1. The van der Waals surface area contributed by atoms with Crippen molar-refractivity contribution in [3.63, 3.8) is 0 Å². The molecule has 1 aliphatic carbocycles. The highest BCUT2D eigenvalue weighted by Crippen LogP contribution is 2.41. The highest BCUT2D eigenvalue weighted by molar-refractivity contribution is 6.22. The summed E-state index contributed by atoms with van der Waals surface area (Å²) in [6.07, 6.45) is 4.57. The third-order valence-corrected chi connectivity index (χ3v) is 7.43. The number of hydrogen-bond acceptors (Lipinski definition) is 5. The van der Waals surface area contributed by atoms with E-state index in [1.807, 2.05) is 51.1 Å². The number of aryl methyl sites for hydroxylation is 2. The molecule has 3 aliphatic rings. The zero-order valence-corrected chi connectivity index (χ0v) is 20.1. The van der Waals surface area contributed by atoms with Crippen molar-refractivity contribution >= 4 is 35.1 Å². The first-order chi connectivity index (χ1) is 16.7. The second-order valence-corrected chi connectivity index (χ2v) is 9.76. The number of fused-ring (bicyclic) bond motifs is 1. The molecule has 3 amide bonds. The van der Waals surface area contributed by atoms with Gasteiger partial charge in [-0.15, -0.1) is 0 Å². The largest absolute Gasteiger partial charge is 0.426 e. The van der Waals surface area contributed by atoms with Crippen molar-refractivity contribution in [1.82, 2.24) is 0 Å². The minimum Gasteiger partial charge on any atom is -0.426 e. The molecular formula is C28H28N2O5. The molecule has 35 heavy (non-hydrogen) atoms. The normalized spacial score (nSPS) is 25.9. The van der Waals surface area contributed by atoms with E-state index in [0.29, 0.717) is 12.1 Å². The van der Waals surface area contributed by atoms with Crippen LogP contribution in [0.15, 0.2) is 54.6 Å². The third kappa shape index (κ3) is 4.05. The second-order valence-electron chi connectivity index (χ2n) is 9.76. The monoisotopic (exact) mass is 472 g/mol. The predicted molar refractivity (Wildman–Crippen MR) is 131 cm³/mol. The Balaban J connectivity index is 1.30. The number of imide groups is 1. The number of ether oxygens (including phenoxy) is 1. The van der Waals surface area contributed by atoms with Gasteiger partial charge in [0, 0.05) is 24.7 Å². The molecule has 7 heteroatoms. The molecule has 4 atom stereocenters. The van der Waals surface area contributed by atoms with Crippen molar-refractivity contribution in [2.45, 2.75) is 33.6 Å². The van der Waals surface area contributed by atoms with Gasteiger partial charge in [-0.05, 0) is 61.6 Å². The number of anilines is 2. The van der Waals surface area contributed by atoms with Gasteiger partial charge in [0.25, 0.3) is 0 Å². The van der Waals surface area contributed by atoms with Crippen molar-refractivity contribution in [3.05, 3.63) is 65.7 Å². The van der Waals surface area contributed by atoms with Gasteiger partial charge in [0.2, 0.25) is 17.7 Å². The van der Waals surface area contributed by atoms with E-state index in [9.17, 15) is 19.2 Å². The fourth-order valence-corrected chi connectivity index (χ4v) is 5.30. The summed E-state index contributed by atoms with van der Waals surface area (Å²) in [5, 5.41) is 0. The second kappa shape index (κ2) is 8.80. The summed E-state index contributed by atoms with van der Waals surface area (Å²) < 4.78 is 5.60. The molecular weight excluding hydrogens is 444 g/mol. The Bertz CT molecular complexity index is 1270. The Morgan fingerprint density at radius 3 is 2.51 bits per heavy atom. The number of allylic oxidation sites excluding steroid dienone is 2. The molecule has 0 radical (unpaired) electrons. The molecule has 0 unspecified atom stereocenters. The van der Waals surface area contributed by atoms with E-state index in [1.165, 1.54) is 4.90 Å². The maximum atomic E-state index is 13.1. The van der Waals surface area contributed by atoms with Crippen LogP contribution in [-0.2, 0) is 19.2 Å². The molecule has 2 aromatic carbocycles. The molecule has 0 N–H and O–H groups in total. The number of amides is 3. The predicted octanol–water partition coefficient (Wildman–Crippen LogP) is 3.96. The van der Waals surface area contributed by atoms with E-state index in [0.717, 1.165) is 16.8 Å². The van der Waals surface area contributed by atoms with Gasteiger partial charge in [0.15, 0.2) is 0 Å². The molecule has 2 aromatic rings. The van der Waals surface area contributed by atoms with Crippen molar-refractivity contribution in [1.29, 1.82) is 0 Å². The number of esters is 1. The zero-order chi connectivity index (χ0) is 24.9. The first-order valence-corrected chi connectivity index (χ1v) is 12.0. The fourth-order valence-electron chi connectivity index (χ4n) is 5.30. The van der Waals surface area contributed by atoms with Gasteiger partial charge in [0.05, 0.1) is 23.4 Å². The van der Waals surface area contributed by atoms with Crippen LogP contribution in [0.3, 0.4) is 0 Å². The summed E-state index contributed by atoms with van der Waals surface area (Å²) in [4.78, 5) is 54.5. The molecule has 2 aliphatic heterocycles. The van der Waals surface area contributed by atoms with Crippen molar-refractivity contribution < 1.29 is 23.9 Å². The van der Waals surface area contributed by atoms with Crippen molar-refractivity contribution in [3.8, 4) is 5.75 Å². The summed E-state index contributed by atoms with van der Waals surface area (Å²) >= 11 is 0. The smallest absolute Gasteiger partial charge is 0.316 e. The molecule has 2 heterocycles. The first kappa shape index (κ1) is 23.0. The highest BCUT2D eigenvalue weighted by atomic mass is 16.5. The topological polar surface area (TPSA) is 84.0 Å². The molecule has 5 rings (SSSR count). The SMILES string of the molecule is Cc1ccc(N2C[C@H](C(=O)Oc3cccc(N4C(=O)[C@H]5[C@@H](C)C=CC[C@H]5C4=O)c3)CC2=O)cc1C. The molecule has 7 nitrogen and oxygen atoms in total. The lowest BCUT2D eigenvalue weighted by molar-refractivity contribution is -0.139. The van der Waals surface area contributed by atoms with Crippen LogP contribution >= 0.6 is 0 Å². The van der Waals surface area contributed by atoms with Gasteiger partial charge in [-0.2, -0.15) is 0 Å². The van der Waals surface area contributed by atoms with Gasteiger partial charge in [-0.3, -0.25) is 19.2 Å². The van der Waals surface area contributed by atoms with Crippen LogP contribution in [0.2, 0.25) is 0 Å². The first-order valence-electron chi connectivity index (χ1n) is 12.0. The lowest BCUT2D eigenvalue weighted by atomic mass is 9.78. The molecule has 2 saturated heterocycles. The van der Waals surface area contributed by atoms with Gasteiger partial charge < -0.3 is 9.64 Å². The molecule has 180 valence electrons. The number of carbonyl (C=O) groups is 4. The van der Waals surface area contributed by atoms with E-state index in [4.69, 9.17) is 4.74 Å². The van der Waals surface area contributed by atoms with Gasteiger partial charge in [-0.25, -0.2) is 4.90 Å². The fraction of sp³-hybridized carbons (Fsp3) is 0.357. The van der Waals surface area contributed by atoms with E-state index in [-0.39, 0.29) is 54.2 Å². The quantitative estimate of drug-likeness (QED) is 0.291. The summed E-state index contributed by atoms with van der Waals surface area (Å²) in [5.74, 6) is -2.14. The summed E-state index contributed by atoms with van der Waals surface area (Å²) in [6, 6.07) is 12.3. The Hall–Kier alpha value is -3.74. The van der Waals surface area contributed by atoms with Crippen molar-refractivity contribution in [2.75, 3.05) is 16.3 Å². The van der Waals surface area contributed by atoms with Gasteiger partial charge >= 0.3 is 5.97 Å². The summed E-state index contributed by atoms with van der Waals surface area (Å²) in [6.45, 7) is 6.19. The molecule has 0 bridgehead atoms. The number of carbonyl (C=O) groups excluding carboxylic acids is 4. The Morgan fingerprint density at radius 1 is 0.971 bits per heavy atom. The average Bonchev–Trinajstić information content (AvgIpc) is 3.34. The van der Waals surface area contributed by atoms with Gasteiger partial charge in [-0.1, -0.05) is 31.2 Å². The van der Waals surface area contributed by atoms with Crippen LogP contribution in [0.25, 0.3) is 0 Å². The third-order valence-electron chi connectivity index (χ3n) is 7.43. The van der Waals surface area contributed by atoms with Crippen LogP contribution in [0.5, 0.6) is 5.75 Å². The van der Waals surface area contributed by atoms with Crippen LogP contribution < -0.4 is 14.5 Å². The standard InChI is InChI=1S/C28H28N2O5/c1-16-10-11-20(12-18(16)3)29-15-19(13-24(29)31)28(34)35-22-8-5-7-21(14-22)30-26(32)23-9-4-6-17(2)25(23)27(30)33/h4-8,10-12,14,17,19,23,25H,9,13,15H2,1-3H3/t17-,19+,23+,25-/m0/s1. The Kier molecular flexibility index (Phi) is 5.79. The Labute approximate surface area is 204 Å². The number of hydrogen-bond donors (Lipinski definition) is 0. The number of benzene rings is 2. The lowest BCUT2D eigenvalue weighted by Crippen LogP contribution is -2.31. The number of nitrogens with zero attached hydrogens (tertiary/aromatic N) is 2. The minimum atomic E-state index is -0.599. The van der Waals surface area contributed by atoms with Crippen LogP contribution in [0.4, 0.5) is 11.4 Å². The summed E-state index contributed by atoms with van der Waals surface area (Å²) in [5.41, 5.74) is 3.38. The maximum Gasteiger partial charge on any atom is 0.316 e.